The van der Waals surface area contributed by atoms with Crippen LogP contribution in [-0.2, 0) is 10.0 Å². The molecule has 0 aliphatic carbocycles. The molecule has 1 aromatic rings. The van der Waals surface area contributed by atoms with Gasteiger partial charge in [0.1, 0.15) is 4.90 Å². The second kappa shape index (κ2) is 6.58. The fraction of sp³-hybridized carbons (Fsp3) is 0.308. The first-order chi connectivity index (χ1) is 8.97. The highest BCUT2D eigenvalue weighted by Gasteiger charge is 2.25. The van der Waals surface area contributed by atoms with E-state index in [1.165, 1.54) is 22.5 Å². The van der Waals surface area contributed by atoms with Crippen LogP contribution in [0.25, 0.3) is 0 Å². The minimum absolute atomic E-state index is 0.0245. The summed E-state index contributed by atoms with van der Waals surface area (Å²) in [7, 11) is -3.78. The summed E-state index contributed by atoms with van der Waals surface area (Å²) in [5, 5.41) is 8.91. The number of rotatable bonds is 5. The first-order valence-electron chi connectivity index (χ1n) is 5.60. The fourth-order valence-electron chi connectivity index (χ4n) is 1.55. The van der Waals surface area contributed by atoms with Gasteiger partial charge < -0.3 is 0 Å². The lowest BCUT2D eigenvalue weighted by atomic mass is 10.2. The molecule has 0 fully saturated rings. The Hall–Kier alpha value is -1.53. The van der Waals surface area contributed by atoms with Gasteiger partial charge in [-0.2, -0.15) is 9.57 Å². The van der Waals surface area contributed by atoms with Crippen LogP contribution in [-0.4, -0.2) is 25.8 Å². The molecule has 0 N–H and O–H groups in total. The number of halogens is 1. The smallest absolute Gasteiger partial charge is 0.207 e. The third kappa shape index (κ3) is 3.48. The molecule has 100 valence electrons. The molecule has 0 radical (unpaired) electrons. The Balaban J connectivity index is 3.33. The molecule has 0 spiro atoms. The number of terminal acetylenes is 1. The van der Waals surface area contributed by atoms with Gasteiger partial charge in [0.15, 0.2) is 0 Å². The van der Waals surface area contributed by atoms with Crippen LogP contribution in [0.1, 0.15) is 18.9 Å². The zero-order chi connectivity index (χ0) is 14.5. The van der Waals surface area contributed by atoms with Crippen molar-refractivity contribution in [1.29, 1.82) is 5.26 Å². The Kier molecular flexibility index (Phi) is 5.38. The van der Waals surface area contributed by atoms with Crippen LogP contribution in [0.5, 0.6) is 0 Å². The average molecular weight is 297 g/mol. The van der Waals surface area contributed by atoms with Crippen LogP contribution in [0, 0.1) is 23.7 Å². The van der Waals surface area contributed by atoms with Crippen molar-refractivity contribution >= 4 is 21.6 Å². The van der Waals surface area contributed by atoms with Crippen molar-refractivity contribution in [3.63, 3.8) is 0 Å². The third-order valence-corrected chi connectivity index (χ3v) is 4.75. The SMILES string of the molecule is C#CCN(CCC)S(=O)(=O)c1cc(C#N)ccc1Cl. The van der Waals surface area contributed by atoms with E-state index >= 15 is 0 Å². The van der Waals surface area contributed by atoms with Crippen LogP contribution in [0.4, 0.5) is 0 Å². The maximum Gasteiger partial charge on any atom is 0.245 e. The van der Waals surface area contributed by atoms with E-state index in [2.05, 4.69) is 5.92 Å². The lowest BCUT2D eigenvalue weighted by Gasteiger charge is -2.19. The summed E-state index contributed by atoms with van der Waals surface area (Å²) in [5.74, 6) is 2.32. The van der Waals surface area contributed by atoms with Crippen LogP contribution in [0.2, 0.25) is 5.02 Å². The molecule has 0 saturated carbocycles. The number of hydrogen-bond donors (Lipinski definition) is 0. The van der Waals surface area contributed by atoms with Gasteiger partial charge in [0.25, 0.3) is 0 Å². The van der Waals surface area contributed by atoms with Gasteiger partial charge in [-0.05, 0) is 24.6 Å². The van der Waals surface area contributed by atoms with Crippen molar-refractivity contribution in [1.82, 2.24) is 4.31 Å². The van der Waals surface area contributed by atoms with E-state index in [0.29, 0.717) is 13.0 Å². The monoisotopic (exact) mass is 296 g/mol. The minimum atomic E-state index is -3.78. The summed E-state index contributed by atoms with van der Waals surface area (Å²) in [6.45, 7) is 2.13. The zero-order valence-electron chi connectivity index (χ0n) is 10.4. The molecule has 0 bridgehead atoms. The van der Waals surface area contributed by atoms with E-state index < -0.39 is 10.0 Å². The molecule has 19 heavy (non-hydrogen) atoms. The molecule has 1 rings (SSSR count). The molecular weight excluding hydrogens is 284 g/mol. The predicted molar refractivity (Wildman–Crippen MR) is 74.0 cm³/mol. The van der Waals surface area contributed by atoms with Crippen molar-refractivity contribution in [3.05, 3.63) is 28.8 Å². The standard InChI is InChI=1S/C13H13ClN2O2S/c1-3-7-16(8-4-2)19(17,18)13-9-11(10-15)5-6-12(13)14/h1,5-6,9H,4,7-8H2,2H3. The summed E-state index contributed by atoms with van der Waals surface area (Å²) < 4.78 is 26.1. The van der Waals surface area contributed by atoms with Crippen molar-refractivity contribution < 1.29 is 8.42 Å². The second-order valence-electron chi connectivity index (χ2n) is 3.80. The van der Waals surface area contributed by atoms with Crippen LogP contribution >= 0.6 is 11.6 Å². The fourth-order valence-corrected chi connectivity index (χ4v) is 3.49. The van der Waals surface area contributed by atoms with Gasteiger partial charge in [-0.3, -0.25) is 0 Å². The predicted octanol–water partition coefficient (Wildman–Crippen LogP) is 2.25. The van der Waals surface area contributed by atoms with Gasteiger partial charge in [-0.1, -0.05) is 24.4 Å². The Morgan fingerprint density at radius 1 is 1.47 bits per heavy atom. The highest BCUT2D eigenvalue weighted by atomic mass is 35.5. The van der Waals surface area contributed by atoms with Crippen molar-refractivity contribution in [2.45, 2.75) is 18.2 Å². The minimum Gasteiger partial charge on any atom is -0.207 e. The van der Waals surface area contributed by atoms with Crippen LogP contribution in [0.15, 0.2) is 23.1 Å². The van der Waals surface area contributed by atoms with Gasteiger partial charge in [-0.15, -0.1) is 6.42 Å². The molecule has 4 nitrogen and oxygen atoms in total. The molecule has 0 unspecified atom stereocenters. The number of nitrogens with zero attached hydrogens (tertiary/aromatic N) is 2. The molecule has 6 heteroatoms. The molecule has 0 aliphatic heterocycles. The molecule has 1 aromatic carbocycles. The lowest BCUT2D eigenvalue weighted by Crippen LogP contribution is -2.32. The quantitative estimate of drug-likeness (QED) is 0.783. The largest absolute Gasteiger partial charge is 0.245 e. The Morgan fingerprint density at radius 3 is 2.68 bits per heavy atom. The number of nitriles is 1. The van der Waals surface area contributed by atoms with E-state index in [1.807, 2.05) is 13.0 Å². The van der Waals surface area contributed by atoms with Crippen molar-refractivity contribution in [2.24, 2.45) is 0 Å². The highest BCUT2D eigenvalue weighted by Crippen LogP contribution is 2.25. The summed E-state index contributed by atoms with van der Waals surface area (Å²) >= 11 is 5.92. The molecule has 0 amide bonds. The number of benzene rings is 1. The maximum absolute atomic E-state index is 12.4. The van der Waals surface area contributed by atoms with E-state index in [-0.39, 0.29) is 22.0 Å². The van der Waals surface area contributed by atoms with E-state index in [1.54, 1.807) is 0 Å². The van der Waals surface area contributed by atoms with Gasteiger partial charge in [0.05, 0.1) is 23.2 Å². The first-order valence-corrected chi connectivity index (χ1v) is 7.42. The number of hydrogen-bond acceptors (Lipinski definition) is 3. The topological polar surface area (TPSA) is 61.2 Å². The summed E-state index contributed by atoms with van der Waals surface area (Å²) in [5.41, 5.74) is 0.236. The van der Waals surface area contributed by atoms with E-state index in [4.69, 9.17) is 23.3 Å². The molecule has 0 aromatic heterocycles. The normalized spacial score (nSPS) is 11.0. The zero-order valence-corrected chi connectivity index (χ0v) is 12.0. The Morgan fingerprint density at radius 2 is 2.16 bits per heavy atom. The summed E-state index contributed by atoms with van der Waals surface area (Å²) in [6, 6.07) is 6.01. The summed E-state index contributed by atoms with van der Waals surface area (Å²) in [6.07, 6.45) is 5.82. The highest BCUT2D eigenvalue weighted by molar-refractivity contribution is 7.89. The summed E-state index contributed by atoms with van der Waals surface area (Å²) in [4.78, 5) is -0.0862. The molecule has 0 heterocycles. The first kappa shape index (κ1) is 15.5. The maximum atomic E-state index is 12.4. The van der Waals surface area contributed by atoms with Gasteiger partial charge in [0, 0.05) is 6.54 Å². The van der Waals surface area contributed by atoms with Crippen molar-refractivity contribution in [2.75, 3.05) is 13.1 Å². The molecular formula is C13H13ClN2O2S. The Labute approximate surface area is 118 Å². The van der Waals surface area contributed by atoms with E-state index in [9.17, 15) is 8.42 Å². The van der Waals surface area contributed by atoms with Gasteiger partial charge in [0.2, 0.25) is 10.0 Å². The Bertz CT molecular complexity index is 642. The van der Waals surface area contributed by atoms with Crippen molar-refractivity contribution in [3.8, 4) is 18.4 Å². The van der Waals surface area contributed by atoms with Crippen LogP contribution < -0.4 is 0 Å². The molecule has 0 aliphatic rings. The third-order valence-electron chi connectivity index (χ3n) is 2.42. The molecule has 0 atom stereocenters. The van der Waals surface area contributed by atoms with E-state index in [0.717, 1.165) is 0 Å². The van der Waals surface area contributed by atoms with Crippen LogP contribution in [0.3, 0.4) is 0 Å². The van der Waals surface area contributed by atoms with Gasteiger partial charge in [-0.25, -0.2) is 8.42 Å². The lowest BCUT2D eigenvalue weighted by molar-refractivity contribution is 0.445. The van der Waals surface area contributed by atoms with Gasteiger partial charge >= 0.3 is 0 Å². The second-order valence-corrected chi connectivity index (χ2v) is 6.11. The number of sulfonamides is 1. The average Bonchev–Trinajstić information content (AvgIpc) is 2.39. The molecule has 0 saturated heterocycles.